The standard InChI is InChI=1S/C21H23F3N4O2/c1-3-14(4-2)6-5-11-29-16-7-8-17(26-13-16)18-12-15(9-10-25-18)19-27-20(30-28-19)21(22,23)24/h7-10,12-14H,3-6,11H2,1-2H3. The summed E-state index contributed by atoms with van der Waals surface area (Å²) in [5.41, 5.74) is 1.38. The fraction of sp³-hybridized carbons (Fsp3) is 0.429. The van der Waals surface area contributed by atoms with Crippen LogP contribution >= 0.6 is 0 Å². The SMILES string of the molecule is CCC(CC)CCCOc1ccc(-c2cc(-c3noc(C(F)(F)F)n3)ccn2)nc1. The van der Waals surface area contributed by atoms with E-state index >= 15 is 0 Å². The van der Waals surface area contributed by atoms with Crippen molar-refractivity contribution in [2.75, 3.05) is 6.61 Å². The molecule has 0 aliphatic heterocycles. The van der Waals surface area contributed by atoms with Gasteiger partial charge in [-0.05, 0) is 43.0 Å². The fourth-order valence-electron chi connectivity index (χ4n) is 3.04. The van der Waals surface area contributed by atoms with Crippen molar-refractivity contribution in [2.24, 2.45) is 5.92 Å². The van der Waals surface area contributed by atoms with Gasteiger partial charge in [-0.3, -0.25) is 9.97 Å². The maximum absolute atomic E-state index is 12.7. The zero-order valence-electron chi connectivity index (χ0n) is 16.8. The smallest absolute Gasteiger partial charge is 0.471 e. The molecule has 6 nitrogen and oxygen atoms in total. The Balaban J connectivity index is 1.64. The minimum atomic E-state index is -4.69. The second-order valence-corrected chi connectivity index (χ2v) is 6.90. The number of nitrogens with zero attached hydrogens (tertiary/aromatic N) is 4. The Labute approximate surface area is 172 Å². The third kappa shape index (κ3) is 5.55. The van der Waals surface area contributed by atoms with Crippen molar-refractivity contribution < 1.29 is 22.4 Å². The average molecular weight is 420 g/mol. The van der Waals surface area contributed by atoms with Crippen LogP contribution in [0, 0.1) is 5.92 Å². The van der Waals surface area contributed by atoms with Gasteiger partial charge >= 0.3 is 12.1 Å². The Hall–Kier alpha value is -2.97. The number of rotatable bonds is 9. The van der Waals surface area contributed by atoms with E-state index in [0.29, 0.717) is 29.3 Å². The van der Waals surface area contributed by atoms with Crippen molar-refractivity contribution in [3.05, 3.63) is 42.5 Å². The van der Waals surface area contributed by atoms with E-state index in [1.54, 1.807) is 24.4 Å². The molecule has 0 spiro atoms. The van der Waals surface area contributed by atoms with Gasteiger partial charge in [-0.25, -0.2) is 0 Å². The molecular formula is C21H23F3N4O2. The quantitative estimate of drug-likeness (QED) is 0.407. The second-order valence-electron chi connectivity index (χ2n) is 6.90. The normalized spacial score (nSPS) is 11.8. The number of alkyl halides is 3. The lowest BCUT2D eigenvalue weighted by Gasteiger charge is -2.12. The van der Waals surface area contributed by atoms with E-state index < -0.39 is 12.1 Å². The maximum Gasteiger partial charge on any atom is 0.471 e. The topological polar surface area (TPSA) is 73.9 Å². The molecule has 9 heteroatoms. The van der Waals surface area contributed by atoms with Gasteiger partial charge in [-0.15, -0.1) is 0 Å². The van der Waals surface area contributed by atoms with Crippen LogP contribution in [0.5, 0.6) is 5.75 Å². The molecule has 0 saturated carbocycles. The van der Waals surface area contributed by atoms with Crippen molar-refractivity contribution in [3.8, 4) is 28.5 Å². The van der Waals surface area contributed by atoms with E-state index in [1.165, 1.54) is 25.1 Å². The Morgan fingerprint density at radius 1 is 1.07 bits per heavy atom. The van der Waals surface area contributed by atoms with E-state index in [-0.39, 0.29) is 5.82 Å². The van der Waals surface area contributed by atoms with Gasteiger partial charge in [0.25, 0.3) is 0 Å². The third-order valence-electron chi connectivity index (χ3n) is 4.87. The molecule has 3 rings (SSSR count). The van der Waals surface area contributed by atoms with E-state index in [2.05, 4.69) is 38.5 Å². The first-order valence-corrected chi connectivity index (χ1v) is 9.87. The lowest BCUT2D eigenvalue weighted by atomic mass is 9.98. The van der Waals surface area contributed by atoms with E-state index in [1.807, 2.05) is 0 Å². The highest BCUT2D eigenvalue weighted by atomic mass is 19.4. The van der Waals surface area contributed by atoms with Crippen LogP contribution in [0.1, 0.15) is 45.4 Å². The number of pyridine rings is 2. The number of hydrogen-bond donors (Lipinski definition) is 0. The van der Waals surface area contributed by atoms with Crippen LogP contribution in [0.15, 0.2) is 41.2 Å². The molecule has 160 valence electrons. The summed E-state index contributed by atoms with van der Waals surface area (Å²) in [5, 5.41) is 3.39. The summed E-state index contributed by atoms with van der Waals surface area (Å²) in [5.74, 6) is -0.158. The highest BCUT2D eigenvalue weighted by Gasteiger charge is 2.38. The zero-order valence-corrected chi connectivity index (χ0v) is 16.8. The van der Waals surface area contributed by atoms with Crippen LogP contribution in [-0.2, 0) is 6.18 Å². The van der Waals surface area contributed by atoms with Gasteiger partial charge in [-0.2, -0.15) is 18.2 Å². The molecule has 0 atom stereocenters. The van der Waals surface area contributed by atoms with Gasteiger partial charge in [0.2, 0.25) is 5.82 Å². The summed E-state index contributed by atoms with van der Waals surface area (Å²) < 4.78 is 48.0. The van der Waals surface area contributed by atoms with Crippen molar-refractivity contribution in [1.29, 1.82) is 0 Å². The Kier molecular flexibility index (Phi) is 7.02. The first-order valence-electron chi connectivity index (χ1n) is 9.87. The molecule has 0 fully saturated rings. The molecule has 0 aliphatic rings. The molecule has 0 aromatic carbocycles. The lowest BCUT2D eigenvalue weighted by Crippen LogP contribution is -2.04. The Morgan fingerprint density at radius 2 is 1.87 bits per heavy atom. The Morgan fingerprint density at radius 3 is 2.50 bits per heavy atom. The van der Waals surface area contributed by atoms with E-state index in [9.17, 15) is 13.2 Å². The van der Waals surface area contributed by atoms with Crippen LogP contribution in [0.3, 0.4) is 0 Å². The van der Waals surface area contributed by atoms with Crippen molar-refractivity contribution in [2.45, 2.75) is 45.7 Å². The van der Waals surface area contributed by atoms with E-state index in [0.717, 1.165) is 18.8 Å². The molecule has 0 unspecified atom stereocenters. The molecule has 0 saturated heterocycles. The van der Waals surface area contributed by atoms with Crippen LogP contribution in [0.4, 0.5) is 13.2 Å². The summed E-state index contributed by atoms with van der Waals surface area (Å²) in [6, 6.07) is 6.61. The predicted octanol–water partition coefficient (Wildman–Crippen LogP) is 5.81. The van der Waals surface area contributed by atoms with Crippen molar-refractivity contribution >= 4 is 0 Å². The molecule has 3 heterocycles. The monoisotopic (exact) mass is 420 g/mol. The second kappa shape index (κ2) is 9.69. The first kappa shape index (κ1) is 21.7. The van der Waals surface area contributed by atoms with Gasteiger partial charge in [0.05, 0.1) is 24.2 Å². The average Bonchev–Trinajstić information content (AvgIpc) is 3.25. The molecule has 0 bridgehead atoms. The lowest BCUT2D eigenvalue weighted by molar-refractivity contribution is -0.159. The first-order chi connectivity index (χ1) is 14.4. The Bertz CT molecular complexity index is 938. The van der Waals surface area contributed by atoms with Gasteiger partial charge in [0.15, 0.2) is 0 Å². The number of aromatic nitrogens is 4. The molecule has 30 heavy (non-hydrogen) atoms. The van der Waals surface area contributed by atoms with Crippen molar-refractivity contribution in [3.63, 3.8) is 0 Å². The summed E-state index contributed by atoms with van der Waals surface area (Å²) in [6.07, 6.45) is 2.87. The highest BCUT2D eigenvalue weighted by Crippen LogP contribution is 2.30. The fourth-order valence-corrected chi connectivity index (χ4v) is 3.04. The summed E-state index contributed by atoms with van der Waals surface area (Å²) >= 11 is 0. The molecule has 0 amide bonds. The number of hydrogen-bond acceptors (Lipinski definition) is 6. The van der Waals surface area contributed by atoms with Gasteiger partial charge in [-0.1, -0.05) is 31.8 Å². The predicted molar refractivity (Wildman–Crippen MR) is 105 cm³/mol. The van der Waals surface area contributed by atoms with Crippen molar-refractivity contribution in [1.82, 2.24) is 20.1 Å². The minimum absolute atomic E-state index is 0.164. The van der Waals surface area contributed by atoms with Crippen LogP contribution < -0.4 is 4.74 Å². The molecule has 0 N–H and O–H groups in total. The summed E-state index contributed by atoms with van der Waals surface area (Å²) in [6.45, 7) is 5.04. The highest BCUT2D eigenvalue weighted by molar-refractivity contribution is 5.64. The maximum atomic E-state index is 12.7. The van der Waals surface area contributed by atoms with Gasteiger partial charge in [0, 0.05) is 11.8 Å². The molecule has 3 aromatic rings. The van der Waals surface area contributed by atoms with Crippen LogP contribution in [-0.4, -0.2) is 26.7 Å². The minimum Gasteiger partial charge on any atom is -0.492 e. The molecular weight excluding hydrogens is 397 g/mol. The number of ether oxygens (including phenoxy) is 1. The largest absolute Gasteiger partial charge is 0.492 e. The number of halogens is 3. The third-order valence-corrected chi connectivity index (χ3v) is 4.87. The zero-order chi connectivity index (χ0) is 21.6. The van der Waals surface area contributed by atoms with Gasteiger partial charge in [0.1, 0.15) is 5.75 Å². The summed E-state index contributed by atoms with van der Waals surface area (Å²) in [7, 11) is 0. The van der Waals surface area contributed by atoms with Crippen LogP contribution in [0.2, 0.25) is 0 Å². The van der Waals surface area contributed by atoms with Gasteiger partial charge < -0.3 is 9.26 Å². The molecule has 0 aliphatic carbocycles. The summed E-state index contributed by atoms with van der Waals surface area (Å²) in [4.78, 5) is 12.0. The molecule has 3 aromatic heterocycles. The molecule has 0 radical (unpaired) electrons. The van der Waals surface area contributed by atoms with E-state index in [4.69, 9.17) is 4.74 Å². The van der Waals surface area contributed by atoms with Crippen LogP contribution in [0.25, 0.3) is 22.8 Å².